The van der Waals surface area contributed by atoms with Gasteiger partial charge in [0.1, 0.15) is 22.2 Å². The van der Waals surface area contributed by atoms with Gasteiger partial charge in [0.2, 0.25) is 10.0 Å². The summed E-state index contributed by atoms with van der Waals surface area (Å²) in [4.78, 5) is -0.384. The minimum atomic E-state index is -3.92. The van der Waals surface area contributed by atoms with E-state index < -0.39 is 15.8 Å². The molecule has 0 aliphatic heterocycles. The van der Waals surface area contributed by atoms with E-state index in [1.807, 2.05) is 0 Å². The molecule has 7 heteroatoms. The molecule has 0 radical (unpaired) electrons. The predicted octanol–water partition coefficient (Wildman–Crippen LogP) is 3.28. The maximum absolute atomic E-state index is 13.6. The molecule has 1 heterocycles. The van der Waals surface area contributed by atoms with Crippen molar-refractivity contribution in [3.8, 4) is 0 Å². The monoisotopic (exact) mass is 361 g/mol. The zero-order chi connectivity index (χ0) is 14.9. The van der Waals surface area contributed by atoms with E-state index in [1.54, 1.807) is 19.9 Å². The van der Waals surface area contributed by atoms with Crippen LogP contribution >= 0.6 is 15.9 Å². The first-order chi connectivity index (χ1) is 9.29. The fourth-order valence-electron chi connectivity index (χ4n) is 1.79. The van der Waals surface area contributed by atoms with Gasteiger partial charge in [-0.15, -0.1) is 0 Å². The fraction of sp³-hybridized carbons (Fsp3) is 0.231. The van der Waals surface area contributed by atoms with Gasteiger partial charge in [-0.05, 0) is 38.1 Å². The molecule has 0 fully saturated rings. The Morgan fingerprint density at radius 3 is 2.60 bits per heavy atom. The largest absolute Gasteiger partial charge is 0.466 e. The van der Waals surface area contributed by atoms with Gasteiger partial charge >= 0.3 is 0 Å². The van der Waals surface area contributed by atoms with Gasteiger partial charge in [-0.25, -0.2) is 17.5 Å². The molecule has 0 amide bonds. The Bertz CT molecular complexity index is 740. The molecule has 0 aliphatic carbocycles. The molecule has 20 heavy (non-hydrogen) atoms. The lowest BCUT2D eigenvalue weighted by Gasteiger charge is -2.07. The summed E-state index contributed by atoms with van der Waals surface area (Å²) in [6.07, 6.45) is 0. The molecular formula is C13H13BrFNO3S. The highest BCUT2D eigenvalue weighted by Gasteiger charge is 2.20. The molecule has 2 rings (SSSR count). The van der Waals surface area contributed by atoms with Crippen LogP contribution < -0.4 is 4.72 Å². The van der Waals surface area contributed by atoms with Gasteiger partial charge in [-0.3, -0.25) is 0 Å². The number of hydrogen-bond acceptors (Lipinski definition) is 3. The van der Waals surface area contributed by atoms with Crippen LogP contribution in [0.25, 0.3) is 0 Å². The molecule has 0 bridgehead atoms. The smallest absolute Gasteiger partial charge is 0.243 e. The molecule has 0 saturated heterocycles. The summed E-state index contributed by atoms with van der Waals surface area (Å²) in [5, 5.41) is 0. The Kier molecular flexibility index (Phi) is 4.31. The van der Waals surface area contributed by atoms with Crippen molar-refractivity contribution in [2.75, 3.05) is 0 Å². The minimum Gasteiger partial charge on any atom is -0.466 e. The summed E-state index contributed by atoms with van der Waals surface area (Å²) in [5.41, 5.74) is 0.724. The third-order valence-electron chi connectivity index (χ3n) is 2.78. The molecule has 1 N–H and O–H groups in total. The first kappa shape index (κ1) is 15.2. The number of halogens is 2. The first-order valence-corrected chi connectivity index (χ1v) is 8.08. The second kappa shape index (κ2) is 5.67. The molecule has 0 atom stereocenters. The lowest BCUT2D eigenvalue weighted by Crippen LogP contribution is -2.24. The topological polar surface area (TPSA) is 59.3 Å². The molecule has 1 aromatic carbocycles. The van der Waals surface area contributed by atoms with Crippen molar-refractivity contribution in [1.82, 2.24) is 4.72 Å². The van der Waals surface area contributed by atoms with Crippen LogP contribution in [-0.2, 0) is 16.6 Å². The van der Waals surface area contributed by atoms with Gasteiger partial charge in [0.05, 0.1) is 0 Å². The molecule has 4 nitrogen and oxygen atoms in total. The van der Waals surface area contributed by atoms with E-state index in [2.05, 4.69) is 20.7 Å². The second-order valence-electron chi connectivity index (χ2n) is 4.34. The van der Waals surface area contributed by atoms with Crippen LogP contribution in [0.4, 0.5) is 4.39 Å². The van der Waals surface area contributed by atoms with E-state index in [-0.39, 0.29) is 11.4 Å². The number of benzene rings is 1. The molecule has 0 spiro atoms. The van der Waals surface area contributed by atoms with Gasteiger partial charge in [0.15, 0.2) is 0 Å². The van der Waals surface area contributed by atoms with E-state index in [1.165, 1.54) is 12.1 Å². The highest BCUT2D eigenvalue weighted by molar-refractivity contribution is 9.10. The lowest BCUT2D eigenvalue weighted by atomic mass is 10.2. The predicted molar refractivity (Wildman–Crippen MR) is 76.3 cm³/mol. The van der Waals surface area contributed by atoms with E-state index in [0.717, 1.165) is 11.6 Å². The van der Waals surface area contributed by atoms with Gasteiger partial charge in [0, 0.05) is 16.6 Å². The molecular weight excluding hydrogens is 349 g/mol. The van der Waals surface area contributed by atoms with Crippen LogP contribution in [0, 0.1) is 19.7 Å². The Hall–Kier alpha value is -1.18. The Balaban J connectivity index is 2.23. The molecule has 2 aromatic rings. The standard InChI is InChI=1S/C13H13BrFNO3S/c1-8-5-10(9(2)19-8)7-16-20(17,18)13-6-11(14)3-4-12(13)15/h3-6,16H,7H2,1-2H3. The average Bonchev–Trinajstić information content (AvgIpc) is 2.68. The summed E-state index contributed by atoms with van der Waals surface area (Å²) in [6, 6.07) is 5.52. The lowest BCUT2D eigenvalue weighted by molar-refractivity contribution is 0.500. The van der Waals surface area contributed by atoms with Crippen LogP contribution in [0.3, 0.4) is 0 Å². The van der Waals surface area contributed by atoms with Crippen molar-refractivity contribution in [3.05, 3.63) is 51.6 Å². The van der Waals surface area contributed by atoms with Crippen molar-refractivity contribution in [2.45, 2.75) is 25.3 Å². The molecule has 1 aromatic heterocycles. The third kappa shape index (κ3) is 3.28. The highest BCUT2D eigenvalue weighted by atomic mass is 79.9. The normalized spacial score (nSPS) is 11.8. The molecule has 0 aliphatic rings. The number of hydrogen-bond donors (Lipinski definition) is 1. The number of sulfonamides is 1. The summed E-state index contributed by atoms with van der Waals surface area (Å²) < 4.78 is 46.0. The average molecular weight is 362 g/mol. The number of furan rings is 1. The van der Waals surface area contributed by atoms with E-state index in [9.17, 15) is 12.8 Å². The van der Waals surface area contributed by atoms with Crippen LogP contribution in [0.2, 0.25) is 0 Å². The summed E-state index contributed by atoms with van der Waals surface area (Å²) >= 11 is 3.13. The summed E-state index contributed by atoms with van der Waals surface area (Å²) in [5.74, 6) is 0.547. The SMILES string of the molecule is Cc1cc(CNS(=O)(=O)c2cc(Br)ccc2F)c(C)o1. The van der Waals surface area contributed by atoms with Crippen LogP contribution in [0.1, 0.15) is 17.1 Å². The maximum Gasteiger partial charge on any atom is 0.243 e. The number of aryl methyl sites for hydroxylation is 2. The van der Waals surface area contributed by atoms with Crippen LogP contribution in [-0.4, -0.2) is 8.42 Å². The van der Waals surface area contributed by atoms with Crippen molar-refractivity contribution >= 4 is 26.0 Å². The number of nitrogens with one attached hydrogen (secondary N) is 1. The van der Waals surface area contributed by atoms with Crippen molar-refractivity contribution in [1.29, 1.82) is 0 Å². The van der Waals surface area contributed by atoms with E-state index >= 15 is 0 Å². The third-order valence-corrected chi connectivity index (χ3v) is 4.69. The van der Waals surface area contributed by atoms with Gasteiger partial charge < -0.3 is 4.42 Å². The fourth-order valence-corrected chi connectivity index (χ4v) is 3.41. The minimum absolute atomic E-state index is 0.0530. The van der Waals surface area contributed by atoms with Crippen LogP contribution in [0.15, 0.2) is 38.1 Å². The second-order valence-corrected chi connectivity index (χ2v) is 6.99. The van der Waals surface area contributed by atoms with Crippen molar-refractivity contribution in [2.24, 2.45) is 0 Å². The molecule has 108 valence electrons. The molecule has 0 saturated carbocycles. The highest BCUT2D eigenvalue weighted by Crippen LogP contribution is 2.21. The molecule has 0 unspecified atom stereocenters. The Morgan fingerprint density at radius 2 is 2.00 bits per heavy atom. The van der Waals surface area contributed by atoms with Crippen LogP contribution in [0.5, 0.6) is 0 Å². The van der Waals surface area contributed by atoms with E-state index in [4.69, 9.17) is 4.42 Å². The Morgan fingerprint density at radius 1 is 1.30 bits per heavy atom. The van der Waals surface area contributed by atoms with E-state index in [0.29, 0.717) is 16.0 Å². The zero-order valence-corrected chi connectivity index (χ0v) is 13.3. The van der Waals surface area contributed by atoms with Gasteiger partial charge in [-0.2, -0.15) is 0 Å². The van der Waals surface area contributed by atoms with Gasteiger partial charge in [0.25, 0.3) is 0 Å². The maximum atomic E-state index is 13.6. The zero-order valence-electron chi connectivity index (χ0n) is 10.9. The van der Waals surface area contributed by atoms with Gasteiger partial charge in [-0.1, -0.05) is 15.9 Å². The van der Waals surface area contributed by atoms with Crippen molar-refractivity contribution in [3.63, 3.8) is 0 Å². The first-order valence-electron chi connectivity index (χ1n) is 5.80. The Labute approximate surface area is 125 Å². The number of rotatable bonds is 4. The summed E-state index contributed by atoms with van der Waals surface area (Å²) in [7, 11) is -3.92. The summed E-state index contributed by atoms with van der Waals surface area (Å²) in [6.45, 7) is 3.58. The van der Waals surface area contributed by atoms with Crippen molar-refractivity contribution < 1.29 is 17.2 Å². The quantitative estimate of drug-likeness (QED) is 0.908.